The molecule has 1 unspecified atom stereocenters. The van der Waals surface area contributed by atoms with Crippen molar-refractivity contribution in [2.24, 2.45) is 0 Å². The van der Waals surface area contributed by atoms with Crippen molar-refractivity contribution < 1.29 is 19.0 Å². The fraction of sp³-hybridized carbons (Fsp3) is 0.238. The van der Waals surface area contributed by atoms with Crippen LogP contribution < -0.4 is 4.74 Å². The van der Waals surface area contributed by atoms with Crippen LogP contribution in [0.3, 0.4) is 0 Å². The van der Waals surface area contributed by atoms with Crippen LogP contribution in [-0.2, 0) is 14.3 Å². The van der Waals surface area contributed by atoms with Crippen LogP contribution in [0, 0.1) is 11.3 Å². The van der Waals surface area contributed by atoms with Crippen molar-refractivity contribution >= 4 is 11.9 Å². The van der Waals surface area contributed by atoms with Crippen molar-refractivity contribution in [2.75, 3.05) is 13.7 Å². The van der Waals surface area contributed by atoms with Gasteiger partial charge in [-0.05, 0) is 43.7 Å². The number of ether oxygens (including phenoxy) is 3. The largest absolute Gasteiger partial charge is 0.497 e. The van der Waals surface area contributed by atoms with Gasteiger partial charge >= 0.3 is 5.97 Å². The minimum absolute atomic E-state index is 0.237. The van der Waals surface area contributed by atoms with Crippen molar-refractivity contribution in [1.82, 2.24) is 4.57 Å². The Morgan fingerprint density at radius 2 is 1.93 bits per heavy atom. The number of esters is 1. The van der Waals surface area contributed by atoms with E-state index in [2.05, 4.69) is 6.07 Å². The number of hydrogen-bond donors (Lipinski definition) is 0. The van der Waals surface area contributed by atoms with Gasteiger partial charge in [0.15, 0.2) is 0 Å². The van der Waals surface area contributed by atoms with Crippen LogP contribution in [0.4, 0.5) is 0 Å². The van der Waals surface area contributed by atoms with Gasteiger partial charge in [0, 0.05) is 12.4 Å². The fourth-order valence-electron chi connectivity index (χ4n) is 3.10. The molecule has 3 rings (SSSR count). The average molecular weight is 364 g/mol. The molecule has 27 heavy (non-hydrogen) atoms. The number of hydrogen-bond acceptors (Lipinski definition) is 5. The minimum atomic E-state index is -0.592. The molecule has 1 aliphatic rings. The van der Waals surface area contributed by atoms with Gasteiger partial charge in [-0.3, -0.25) is 4.57 Å². The van der Waals surface area contributed by atoms with Crippen LogP contribution in [0.5, 0.6) is 5.75 Å². The summed E-state index contributed by atoms with van der Waals surface area (Å²) in [4.78, 5) is 12.6. The standard InChI is InChI=1S/C21H20N2O4/c1-4-26-21(24)18-14(2)27-20(23-11-5-6-12-23)17(13-22)19(18)15-7-9-16(25-3)10-8-15/h5-12,19H,4H2,1-3H3. The van der Waals surface area contributed by atoms with Crippen LogP contribution in [0.2, 0.25) is 0 Å². The zero-order valence-corrected chi connectivity index (χ0v) is 15.4. The van der Waals surface area contributed by atoms with Gasteiger partial charge in [-0.15, -0.1) is 0 Å². The molecule has 0 radical (unpaired) electrons. The van der Waals surface area contributed by atoms with E-state index in [0.29, 0.717) is 28.5 Å². The quantitative estimate of drug-likeness (QED) is 0.754. The Balaban J connectivity index is 2.19. The second kappa shape index (κ2) is 7.83. The Bertz CT molecular complexity index is 932. The molecule has 0 fully saturated rings. The van der Waals surface area contributed by atoms with Crippen molar-refractivity contribution in [3.05, 3.63) is 71.3 Å². The summed E-state index contributed by atoms with van der Waals surface area (Å²) in [5.74, 6) is 0.407. The van der Waals surface area contributed by atoms with E-state index in [9.17, 15) is 10.1 Å². The van der Waals surface area contributed by atoms with Gasteiger partial charge in [-0.2, -0.15) is 5.26 Å². The Kier molecular flexibility index (Phi) is 5.32. The maximum atomic E-state index is 12.6. The number of benzene rings is 1. The molecule has 138 valence electrons. The normalized spacial score (nSPS) is 16.6. The SMILES string of the molecule is CCOC(=O)C1=C(C)OC(n2cccc2)=C(C#N)C1c1ccc(OC)cc1. The zero-order chi connectivity index (χ0) is 19.4. The lowest BCUT2D eigenvalue weighted by atomic mass is 9.83. The molecule has 2 heterocycles. The van der Waals surface area contributed by atoms with E-state index in [1.165, 1.54) is 0 Å². The molecule has 0 aliphatic carbocycles. The molecule has 1 atom stereocenters. The number of methoxy groups -OCH3 is 1. The van der Waals surface area contributed by atoms with Gasteiger partial charge in [0.25, 0.3) is 0 Å². The molecule has 0 amide bonds. The number of nitriles is 1. The van der Waals surface area contributed by atoms with Crippen LogP contribution >= 0.6 is 0 Å². The number of carbonyl (C=O) groups is 1. The minimum Gasteiger partial charge on any atom is -0.497 e. The van der Waals surface area contributed by atoms with Gasteiger partial charge in [-0.25, -0.2) is 4.79 Å². The first kappa shape index (κ1) is 18.3. The Hall–Kier alpha value is -3.46. The number of nitrogens with zero attached hydrogens (tertiary/aromatic N) is 2. The molecule has 6 heteroatoms. The monoisotopic (exact) mass is 364 g/mol. The number of aromatic nitrogens is 1. The van der Waals surface area contributed by atoms with Gasteiger partial charge in [-0.1, -0.05) is 12.1 Å². The smallest absolute Gasteiger partial charge is 0.338 e. The third-order valence-electron chi connectivity index (χ3n) is 4.34. The highest BCUT2D eigenvalue weighted by molar-refractivity contribution is 5.93. The summed E-state index contributed by atoms with van der Waals surface area (Å²) >= 11 is 0. The van der Waals surface area contributed by atoms with E-state index < -0.39 is 11.9 Å². The fourth-order valence-corrected chi connectivity index (χ4v) is 3.10. The zero-order valence-electron chi connectivity index (χ0n) is 15.4. The Labute approximate surface area is 157 Å². The van der Waals surface area contributed by atoms with Crippen molar-refractivity contribution in [3.8, 4) is 11.8 Å². The second-order valence-electron chi connectivity index (χ2n) is 5.92. The first-order valence-corrected chi connectivity index (χ1v) is 8.58. The molecule has 0 saturated heterocycles. The summed E-state index contributed by atoms with van der Waals surface area (Å²) in [6, 6.07) is 13.2. The summed E-state index contributed by atoms with van der Waals surface area (Å²) < 4.78 is 18.0. The van der Waals surface area contributed by atoms with E-state index >= 15 is 0 Å². The molecule has 0 spiro atoms. The molecule has 0 N–H and O–H groups in total. The lowest BCUT2D eigenvalue weighted by molar-refractivity contribution is -0.139. The van der Waals surface area contributed by atoms with E-state index in [1.54, 1.807) is 50.1 Å². The third kappa shape index (κ3) is 3.44. The predicted octanol–water partition coefficient (Wildman–Crippen LogP) is 3.84. The lowest BCUT2D eigenvalue weighted by Gasteiger charge is -2.28. The highest BCUT2D eigenvalue weighted by atomic mass is 16.5. The van der Waals surface area contributed by atoms with Gasteiger partial charge < -0.3 is 14.2 Å². The van der Waals surface area contributed by atoms with E-state index in [0.717, 1.165) is 5.56 Å². The highest BCUT2D eigenvalue weighted by Crippen LogP contribution is 2.42. The molecule has 1 aromatic carbocycles. The van der Waals surface area contributed by atoms with E-state index in [1.807, 2.05) is 24.3 Å². The summed E-state index contributed by atoms with van der Waals surface area (Å²) in [7, 11) is 1.59. The first-order chi connectivity index (χ1) is 13.1. The van der Waals surface area contributed by atoms with Crippen molar-refractivity contribution in [1.29, 1.82) is 5.26 Å². The molecule has 0 saturated carbocycles. The van der Waals surface area contributed by atoms with Gasteiger partial charge in [0.2, 0.25) is 5.88 Å². The van der Waals surface area contributed by atoms with Crippen LogP contribution in [0.25, 0.3) is 5.88 Å². The molecular formula is C21H20N2O4. The van der Waals surface area contributed by atoms with Crippen LogP contribution in [0.15, 0.2) is 65.7 Å². The van der Waals surface area contributed by atoms with Crippen LogP contribution in [0.1, 0.15) is 25.3 Å². The first-order valence-electron chi connectivity index (χ1n) is 8.58. The summed E-state index contributed by atoms with van der Waals surface area (Å²) in [6.45, 7) is 3.69. The molecule has 1 aromatic heterocycles. The maximum absolute atomic E-state index is 12.6. The van der Waals surface area contributed by atoms with Crippen LogP contribution in [-0.4, -0.2) is 24.3 Å². The number of rotatable bonds is 5. The summed E-state index contributed by atoms with van der Waals surface area (Å²) in [6.07, 6.45) is 3.58. The number of allylic oxidation sites excluding steroid dienone is 2. The molecule has 1 aliphatic heterocycles. The van der Waals surface area contributed by atoms with Gasteiger partial charge in [0.05, 0.1) is 25.2 Å². The predicted molar refractivity (Wildman–Crippen MR) is 99.4 cm³/mol. The third-order valence-corrected chi connectivity index (χ3v) is 4.34. The Morgan fingerprint density at radius 1 is 1.26 bits per heavy atom. The van der Waals surface area contributed by atoms with Crippen molar-refractivity contribution in [3.63, 3.8) is 0 Å². The highest BCUT2D eigenvalue weighted by Gasteiger charge is 2.37. The lowest BCUT2D eigenvalue weighted by Crippen LogP contribution is -2.24. The average Bonchev–Trinajstić information content (AvgIpc) is 3.22. The maximum Gasteiger partial charge on any atom is 0.338 e. The molecule has 2 aromatic rings. The number of carbonyl (C=O) groups excluding carboxylic acids is 1. The molecule has 0 bridgehead atoms. The second-order valence-corrected chi connectivity index (χ2v) is 5.92. The van der Waals surface area contributed by atoms with Crippen molar-refractivity contribution in [2.45, 2.75) is 19.8 Å². The van der Waals surface area contributed by atoms with E-state index in [-0.39, 0.29) is 6.61 Å². The topological polar surface area (TPSA) is 73.5 Å². The summed E-state index contributed by atoms with van der Waals surface area (Å²) in [5, 5.41) is 9.91. The Morgan fingerprint density at radius 3 is 2.48 bits per heavy atom. The van der Waals surface area contributed by atoms with E-state index in [4.69, 9.17) is 14.2 Å². The van der Waals surface area contributed by atoms with Gasteiger partial charge in [0.1, 0.15) is 23.2 Å². The molecular weight excluding hydrogens is 344 g/mol. The summed E-state index contributed by atoms with van der Waals surface area (Å²) in [5.41, 5.74) is 1.45. The molecule has 6 nitrogen and oxygen atoms in total.